The zero-order chi connectivity index (χ0) is 18.6. The van der Waals surface area contributed by atoms with Gasteiger partial charge < -0.3 is 4.18 Å². The molecule has 0 fully saturated rings. The first-order valence-corrected chi connectivity index (χ1v) is 9.62. The summed E-state index contributed by atoms with van der Waals surface area (Å²) in [6.45, 7) is 1.89. The van der Waals surface area contributed by atoms with Gasteiger partial charge in [-0.2, -0.15) is 8.42 Å². The van der Waals surface area contributed by atoms with Crippen LogP contribution in [0, 0.1) is 6.92 Å². The fourth-order valence-electron chi connectivity index (χ4n) is 2.20. The van der Waals surface area contributed by atoms with Crippen LogP contribution in [-0.2, 0) is 10.1 Å². The molecule has 132 valence electrons. The molecule has 0 saturated carbocycles. The van der Waals surface area contributed by atoms with E-state index in [1.54, 1.807) is 54.7 Å². The molecule has 26 heavy (non-hydrogen) atoms. The van der Waals surface area contributed by atoms with Crippen molar-refractivity contribution in [3.8, 4) is 5.75 Å². The molecule has 4 nitrogen and oxygen atoms in total. The van der Waals surface area contributed by atoms with Gasteiger partial charge in [0.2, 0.25) is 0 Å². The van der Waals surface area contributed by atoms with Crippen molar-refractivity contribution in [3.05, 3.63) is 88.9 Å². The summed E-state index contributed by atoms with van der Waals surface area (Å²) in [5.41, 5.74) is 2.22. The third kappa shape index (κ3) is 4.50. The standard InChI is InChI=1S/C20H16ClNO3S/c1-15-6-12-18(13-7-15)26(23,24)25-20-5-3-2-4-19(20)22-14-16-8-10-17(21)11-9-16/h2-14H,1H3. The van der Waals surface area contributed by atoms with Gasteiger partial charge in [0, 0.05) is 11.2 Å². The summed E-state index contributed by atoms with van der Waals surface area (Å²) in [6.07, 6.45) is 1.62. The van der Waals surface area contributed by atoms with Gasteiger partial charge in [-0.1, -0.05) is 53.6 Å². The Morgan fingerprint density at radius 3 is 2.27 bits per heavy atom. The Morgan fingerprint density at radius 2 is 1.58 bits per heavy atom. The van der Waals surface area contributed by atoms with Crippen molar-refractivity contribution in [2.24, 2.45) is 4.99 Å². The number of nitrogens with zero attached hydrogens (tertiary/aromatic N) is 1. The average Bonchev–Trinajstić information content (AvgIpc) is 2.62. The van der Waals surface area contributed by atoms with Gasteiger partial charge in [0.1, 0.15) is 10.6 Å². The van der Waals surface area contributed by atoms with Crippen LogP contribution in [0.5, 0.6) is 5.75 Å². The maximum absolute atomic E-state index is 12.5. The molecule has 0 atom stereocenters. The van der Waals surface area contributed by atoms with E-state index < -0.39 is 10.1 Å². The van der Waals surface area contributed by atoms with Crippen LogP contribution >= 0.6 is 11.6 Å². The Bertz CT molecular complexity index is 1030. The summed E-state index contributed by atoms with van der Waals surface area (Å²) in [4.78, 5) is 4.44. The van der Waals surface area contributed by atoms with Crippen LogP contribution in [0.3, 0.4) is 0 Å². The lowest BCUT2D eigenvalue weighted by Crippen LogP contribution is -2.09. The van der Waals surface area contributed by atoms with Crippen LogP contribution in [-0.4, -0.2) is 14.6 Å². The highest BCUT2D eigenvalue weighted by Gasteiger charge is 2.18. The van der Waals surface area contributed by atoms with Crippen molar-refractivity contribution in [3.63, 3.8) is 0 Å². The predicted octanol–water partition coefficient (Wildman–Crippen LogP) is 5.17. The van der Waals surface area contributed by atoms with E-state index in [2.05, 4.69) is 4.99 Å². The van der Waals surface area contributed by atoms with Gasteiger partial charge >= 0.3 is 10.1 Å². The molecular weight excluding hydrogens is 370 g/mol. The molecule has 0 amide bonds. The fourth-order valence-corrected chi connectivity index (χ4v) is 3.27. The van der Waals surface area contributed by atoms with E-state index in [0.717, 1.165) is 11.1 Å². The maximum Gasteiger partial charge on any atom is 0.339 e. The summed E-state index contributed by atoms with van der Waals surface area (Å²) in [5, 5.41) is 0.634. The number of aliphatic imine (C=N–C) groups is 1. The zero-order valence-electron chi connectivity index (χ0n) is 14.0. The molecule has 0 radical (unpaired) electrons. The zero-order valence-corrected chi connectivity index (χ0v) is 15.5. The molecule has 0 aliphatic rings. The Morgan fingerprint density at radius 1 is 0.923 bits per heavy atom. The molecule has 0 spiro atoms. The number of halogens is 1. The SMILES string of the molecule is Cc1ccc(S(=O)(=O)Oc2ccccc2N=Cc2ccc(Cl)cc2)cc1. The molecule has 0 aliphatic heterocycles. The van der Waals surface area contributed by atoms with Crippen LogP contribution in [0.1, 0.15) is 11.1 Å². The van der Waals surface area contributed by atoms with E-state index in [1.807, 2.05) is 19.1 Å². The normalized spacial score (nSPS) is 11.6. The van der Waals surface area contributed by atoms with Gasteiger partial charge in [-0.15, -0.1) is 0 Å². The lowest BCUT2D eigenvalue weighted by molar-refractivity contribution is 0.486. The van der Waals surface area contributed by atoms with Gasteiger partial charge in [-0.25, -0.2) is 0 Å². The molecule has 0 unspecified atom stereocenters. The van der Waals surface area contributed by atoms with Gasteiger partial charge in [-0.05, 0) is 48.9 Å². The topological polar surface area (TPSA) is 55.7 Å². The lowest BCUT2D eigenvalue weighted by Gasteiger charge is -2.09. The minimum absolute atomic E-state index is 0.0968. The fraction of sp³-hybridized carbons (Fsp3) is 0.0500. The Labute approximate surface area is 157 Å². The predicted molar refractivity (Wildman–Crippen MR) is 104 cm³/mol. The molecule has 0 heterocycles. The first-order chi connectivity index (χ1) is 12.4. The number of hydrogen-bond acceptors (Lipinski definition) is 4. The van der Waals surface area contributed by atoms with Crippen molar-refractivity contribution in [1.82, 2.24) is 0 Å². The number of para-hydroxylation sites is 2. The van der Waals surface area contributed by atoms with E-state index in [4.69, 9.17) is 15.8 Å². The quantitative estimate of drug-likeness (QED) is 0.450. The molecule has 3 rings (SSSR count). The number of hydrogen-bond donors (Lipinski definition) is 0. The van der Waals surface area contributed by atoms with E-state index in [1.165, 1.54) is 12.1 Å². The second-order valence-corrected chi connectivity index (χ2v) is 7.61. The van der Waals surface area contributed by atoms with Gasteiger partial charge in [-0.3, -0.25) is 4.99 Å². The molecule has 6 heteroatoms. The maximum atomic E-state index is 12.5. The summed E-state index contributed by atoms with van der Waals surface area (Å²) in [6, 6.07) is 20.3. The lowest BCUT2D eigenvalue weighted by atomic mass is 10.2. The van der Waals surface area contributed by atoms with E-state index in [9.17, 15) is 8.42 Å². The van der Waals surface area contributed by atoms with Gasteiger partial charge in [0.05, 0.1) is 0 Å². The summed E-state index contributed by atoms with van der Waals surface area (Å²) in [5.74, 6) is 0.165. The average molecular weight is 386 g/mol. The Kier molecular flexibility index (Phi) is 5.40. The smallest absolute Gasteiger partial charge is 0.339 e. The molecule has 0 saturated heterocycles. The van der Waals surface area contributed by atoms with Crippen molar-refractivity contribution >= 4 is 33.6 Å². The highest BCUT2D eigenvalue weighted by Crippen LogP contribution is 2.29. The first kappa shape index (κ1) is 18.2. The first-order valence-electron chi connectivity index (χ1n) is 7.84. The molecule has 0 N–H and O–H groups in total. The highest BCUT2D eigenvalue weighted by atomic mass is 35.5. The van der Waals surface area contributed by atoms with Crippen LogP contribution < -0.4 is 4.18 Å². The molecule has 3 aromatic carbocycles. The summed E-state index contributed by atoms with van der Waals surface area (Å²) in [7, 11) is -3.93. The second-order valence-electron chi connectivity index (χ2n) is 5.63. The third-order valence-electron chi connectivity index (χ3n) is 3.60. The van der Waals surface area contributed by atoms with Crippen LogP contribution in [0.25, 0.3) is 0 Å². The molecule has 0 aliphatic carbocycles. The molecule has 0 bridgehead atoms. The van der Waals surface area contributed by atoms with E-state index in [0.29, 0.717) is 10.7 Å². The van der Waals surface area contributed by atoms with Crippen LogP contribution in [0.4, 0.5) is 5.69 Å². The third-order valence-corrected chi connectivity index (χ3v) is 5.10. The summed E-state index contributed by atoms with van der Waals surface area (Å²) >= 11 is 5.86. The highest BCUT2D eigenvalue weighted by molar-refractivity contribution is 7.87. The van der Waals surface area contributed by atoms with Crippen LogP contribution in [0.15, 0.2) is 82.7 Å². The number of aryl methyl sites for hydroxylation is 1. The van der Waals surface area contributed by atoms with Gasteiger partial charge in [0.25, 0.3) is 0 Å². The van der Waals surface area contributed by atoms with E-state index >= 15 is 0 Å². The van der Waals surface area contributed by atoms with Crippen molar-refractivity contribution < 1.29 is 12.6 Å². The van der Waals surface area contributed by atoms with Crippen LogP contribution in [0.2, 0.25) is 5.02 Å². The largest absolute Gasteiger partial charge is 0.377 e. The minimum Gasteiger partial charge on any atom is -0.377 e. The molecular formula is C20H16ClNO3S. The Hall–Kier alpha value is -2.63. The van der Waals surface area contributed by atoms with E-state index in [-0.39, 0.29) is 10.6 Å². The van der Waals surface area contributed by atoms with Gasteiger partial charge in [0.15, 0.2) is 5.75 Å². The number of benzene rings is 3. The molecule has 3 aromatic rings. The monoisotopic (exact) mass is 385 g/mol. The Balaban J connectivity index is 1.87. The molecule has 0 aromatic heterocycles. The second kappa shape index (κ2) is 7.72. The number of rotatable bonds is 5. The van der Waals surface area contributed by atoms with Crippen molar-refractivity contribution in [1.29, 1.82) is 0 Å². The van der Waals surface area contributed by atoms with Crippen molar-refractivity contribution in [2.45, 2.75) is 11.8 Å². The summed E-state index contributed by atoms with van der Waals surface area (Å²) < 4.78 is 30.3. The minimum atomic E-state index is -3.93. The van der Waals surface area contributed by atoms with Crippen molar-refractivity contribution in [2.75, 3.05) is 0 Å².